The van der Waals surface area contributed by atoms with E-state index in [1.807, 2.05) is 48.2 Å². The number of hydrogen-bond donors (Lipinski definition) is 0. The Hall–Kier alpha value is -5.82. The van der Waals surface area contributed by atoms with Crippen molar-refractivity contribution < 1.29 is 0 Å². The van der Waals surface area contributed by atoms with Crippen molar-refractivity contribution in [2.45, 2.75) is 0 Å². The van der Waals surface area contributed by atoms with Crippen molar-refractivity contribution >= 4 is 44.2 Å². The highest BCUT2D eigenvalue weighted by Crippen LogP contribution is 2.46. The van der Waals surface area contributed by atoms with Crippen LogP contribution in [-0.4, -0.2) is 19.9 Å². The predicted octanol–water partition coefficient (Wildman–Crippen LogP) is 11.7. The number of hydrogen-bond acceptors (Lipinski definition) is 6. The second-order valence-corrected chi connectivity index (χ2v) is 13.4. The maximum absolute atomic E-state index is 4.75. The summed E-state index contributed by atoms with van der Waals surface area (Å²) in [6.45, 7) is 0. The maximum atomic E-state index is 4.75. The van der Waals surface area contributed by atoms with E-state index in [-0.39, 0.29) is 0 Å². The molecule has 0 aliphatic carbocycles. The van der Waals surface area contributed by atoms with Gasteiger partial charge in [-0.05, 0) is 73.1 Å². The Morgan fingerprint density at radius 1 is 0.333 bits per heavy atom. The molecule has 0 radical (unpaired) electrons. The number of nitrogens with zero attached hydrogens (tertiary/aromatic N) is 4. The van der Waals surface area contributed by atoms with Crippen LogP contribution in [0.3, 0.4) is 0 Å². The summed E-state index contributed by atoms with van der Waals surface area (Å²) in [5.41, 5.74) is 15.1. The van der Waals surface area contributed by atoms with Gasteiger partial charge in [0.05, 0.1) is 20.8 Å². The standard InChI is InChI=1S/C42H26N4S2/c1-2-8-27(9-3-1)33-10-4-5-11-34(33)28-14-15-37-38(18-28)42(32-17-30(20-44-22-32)40-24-46-26-48-40)36-13-7-6-12-35(36)41(37)31-16-29(19-43-21-31)39-23-45-25-47-39/h1-26H. The fourth-order valence-electron chi connectivity index (χ4n) is 6.71. The van der Waals surface area contributed by atoms with Gasteiger partial charge in [0.15, 0.2) is 0 Å². The Morgan fingerprint density at radius 2 is 0.833 bits per heavy atom. The van der Waals surface area contributed by atoms with Gasteiger partial charge >= 0.3 is 0 Å². The number of aromatic nitrogens is 4. The molecule has 9 aromatic rings. The molecule has 9 rings (SSSR count). The monoisotopic (exact) mass is 650 g/mol. The van der Waals surface area contributed by atoms with Crippen LogP contribution >= 0.6 is 22.7 Å². The molecule has 4 heterocycles. The lowest BCUT2D eigenvalue weighted by atomic mass is 9.84. The zero-order chi connectivity index (χ0) is 31.9. The summed E-state index contributed by atoms with van der Waals surface area (Å²) in [4.78, 5) is 20.3. The molecule has 0 unspecified atom stereocenters. The molecule has 0 fully saturated rings. The second-order valence-electron chi connectivity index (χ2n) is 11.6. The summed E-state index contributed by atoms with van der Waals surface area (Å²) in [7, 11) is 0. The van der Waals surface area contributed by atoms with Crippen molar-refractivity contribution in [2.75, 3.05) is 0 Å². The van der Waals surface area contributed by atoms with Crippen LogP contribution in [0.2, 0.25) is 0 Å². The number of thiazole rings is 2. The first kappa shape index (κ1) is 28.4. The molecule has 0 aliphatic rings. The molecule has 0 amide bonds. The Morgan fingerprint density at radius 3 is 1.42 bits per heavy atom. The van der Waals surface area contributed by atoms with Crippen LogP contribution in [0.25, 0.3) is 86.9 Å². The summed E-state index contributed by atoms with van der Waals surface area (Å²) < 4.78 is 0. The molecule has 4 nitrogen and oxygen atoms in total. The molecule has 0 atom stereocenters. The molecule has 0 saturated carbocycles. The topological polar surface area (TPSA) is 51.6 Å². The maximum Gasteiger partial charge on any atom is 0.0797 e. The van der Waals surface area contributed by atoms with E-state index >= 15 is 0 Å². The minimum absolute atomic E-state index is 1.06. The first-order valence-corrected chi connectivity index (χ1v) is 17.4. The quantitative estimate of drug-likeness (QED) is 0.168. The van der Waals surface area contributed by atoms with E-state index in [4.69, 9.17) is 9.97 Å². The molecule has 0 bridgehead atoms. The highest BCUT2D eigenvalue weighted by molar-refractivity contribution is 7.13. The van der Waals surface area contributed by atoms with Gasteiger partial charge in [0.2, 0.25) is 0 Å². The Balaban J connectivity index is 1.36. The van der Waals surface area contributed by atoms with Crippen molar-refractivity contribution in [3.8, 4) is 65.4 Å². The van der Waals surface area contributed by atoms with E-state index in [0.29, 0.717) is 0 Å². The van der Waals surface area contributed by atoms with E-state index in [2.05, 4.69) is 119 Å². The molecular weight excluding hydrogens is 625 g/mol. The summed E-state index contributed by atoms with van der Waals surface area (Å²) in [6, 6.07) is 39.4. The molecule has 0 saturated heterocycles. The molecule has 0 spiro atoms. The zero-order valence-electron chi connectivity index (χ0n) is 25.6. The van der Waals surface area contributed by atoms with Crippen molar-refractivity contribution in [1.29, 1.82) is 0 Å². The number of pyridine rings is 2. The molecular formula is C42H26N4S2. The average Bonchev–Trinajstić information content (AvgIpc) is 3.90. The lowest BCUT2D eigenvalue weighted by Crippen LogP contribution is -1.94. The highest BCUT2D eigenvalue weighted by Gasteiger charge is 2.20. The Kier molecular flexibility index (Phi) is 7.15. The van der Waals surface area contributed by atoms with E-state index in [0.717, 1.165) is 59.5 Å². The number of benzene rings is 5. The van der Waals surface area contributed by atoms with E-state index in [9.17, 15) is 0 Å². The van der Waals surface area contributed by atoms with Gasteiger partial charge in [-0.15, -0.1) is 22.7 Å². The SMILES string of the molecule is c1ccc(-c2ccccc2-c2ccc3c(-c4cncc(-c5cncs5)c4)c4ccccc4c(-c4cncc(-c5cncs5)c4)c3c2)cc1. The van der Waals surface area contributed by atoms with Crippen LogP contribution in [0.15, 0.2) is 157 Å². The molecule has 5 aromatic carbocycles. The van der Waals surface area contributed by atoms with Crippen LogP contribution in [0.4, 0.5) is 0 Å². The van der Waals surface area contributed by atoms with Crippen molar-refractivity contribution in [1.82, 2.24) is 19.9 Å². The van der Waals surface area contributed by atoms with Crippen LogP contribution in [-0.2, 0) is 0 Å². The Bertz CT molecular complexity index is 2560. The molecule has 0 N–H and O–H groups in total. The van der Waals surface area contributed by atoms with Gasteiger partial charge in [0.1, 0.15) is 0 Å². The molecule has 226 valence electrons. The van der Waals surface area contributed by atoms with Crippen molar-refractivity contribution in [3.05, 3.63) is 157 Å². The third-order valence-electron chi connectivity index (χ3n) is 8.83. The number of rotatable bonds is 6. The third kappa shape index (κ3) is 4.99. The lowest BCUT2D eigenvalue weighted by molar-refractivity contribution is 1.33. The normalized spacial score (nSPS) is 11.3. The lowest BCUT2D eigenvalue weighted by Gasteiger charge is -2.19. The van der Waals surface area contributed by atoms with Crippen molar-refractivity contribution in [3.63, 3.8) is 0 Å². The molecule has 0 aliphatic heterocycles. The van der Waals surface area contributed by atoms with Gasteiger partial charge < -0.3 is 0 Å². The average molecular weight is 651 g/mol. The van der Waals surface area contributed by atoms with Crippen LogP contribution in [0.1, 0.15) is 0 Å². The highest BCUT2D eigenvalue weighted by atomic mass is 32.1. The molecule has 48 heavy (non-hydrogen) atoms. The van der Waals surface area contributed by atoms with Crippen LogP contribution in [0, 0.1) is 0 Å². The molecule has 4 aromatic heterocycles. The summed E-state index contributed by atoms with van der Waals surface area (Å²) in [6.07, 6.45) is 11.6. The molecule has 6 heteroatoms. The van der Waals surface area contributed by atoms with Gasteiger partial charge in [-0.3, -0.25) is 19.9 Å². The van der Waals surface area contributed by atoms with Gasteiger partial charge in [-0.1, -0.05) is 91.0 Å². The largest absolute Gasteiger partial charge is 0.263 e. The van der Waals surface area contributed by atoms with Crippen LogP contribution < -0.4 is 0 Å². The summed E-state index contributed by atoms with van der Waals surface area (Å²) in [5, 5.41) is 4.66. The fourth-order valence-corrected chi connectivity index (χ4v) is 7.92. The van der Waals surface area contributed by atoms with E-state index in [1.165, 1.54) is 27.5 Å². The smallest absolute Gasteiger partial charge is 0.0797 e. The second kappa shape index (κ2) is 12.1. The van der Waals surface area contributed by atoms with Gasteiger partial charge in [-0.25, -0.2) is 0 Å². The van der Waals surface area contributed by atoms with Gasteiger partial charge in [-0.2, -0.15) is 0 Å². The Labute approximate surface area is 285 Å². The number of fused-ring (bicyclic) bond motifs is 2. The third-order valence-corrected chi connectivity index (χ3v) is 10.5. The van der Waals surface area contributed by atoms with Crippen molar-refractivity contribution in [2.24, 2.45) is 0 Å². The minimum atomic E-state index is 1.06. The first-order valence-electron chi connectivity index (χ1n) is 15.6. The predicted molar refractivity (Wildman–Crippen MR) is 201 cm³/mol. The summed E-state index contributed by atoms with van der Waals surface area (Å²) in [5.74, 6) is 0. The summed E-state index contributed by atoms with van der Waals surface area (Å²) >= 11 is 3.25. The van der Waals surface area contributed by atoms with Gasteiger partial charge in [0.25, 0.3) is 0 Å². The van der Waals surface area contributed by atoms with E-state index < -0.39 is 0 Å². The van der Waals surface area contributed by atoms with Crippen LogP contribution in [0.5, 0.6) is 0 Å². The fraction of sp³-hybridized carbons (Fsp3) is 0. The van der Waals surface area contributed by atoms with E-state index in [1.54, 1.807) is 22.7 Å². The van der Waals surface area contributed by atoms with Gasteiger partial charge in [0, 0.05) is 59.4 Å². The first-order chi connectivity index (χ1) is 23.8. The zero-order valence-corrected chi connectivity index (χ0v) is 27.2. The minimum Gasteiger partial charge on any atom is -0.263 e.